The highest BCUT2D eigenvalue weighted by Gasteiger charge is 2.13. The minimum Gasteiger partial charge on any atom is -0.384 e. The number of amides is 1. The summed E-state index contributed by atoms with van der Waals surface area (Å²) in [6.45, 7) is 1.49. The fourth-order valence-corrected chi connectivity index (χ4v) is 1.66. The van der Waals surface area contributed by atoms with Crippen LogP contribution in [0.3, 0.4) is 0 Å². The lowest BCUT2D eigenvalue weighted by Gasteiger charge is -2.05. The molecule has 20 heavy (non-hydrogen) atoms. The summed E-state index contributed by atoms with van der Waals surface area (Å²) in [7, 11) is 0. The van der Waals surface area contributed by atoms with Gasteiger partial charge in [-0.15, -0.1) is 0 Å². The molecule has 0 saturated carbocycles. The molecule has 0 bridgehead atoms. The fraction of sp³-hybridized carbons (Fsp3) is 0.143. The Morgan fingerprint density at radius 3 is 2.95 bits per heavy atom. The van der Waals surface area contributed by atoms with Crippen molar-refractivity contribution in [3.8, 4) is 11.8 Å². The molecule has 2 rings (SSSR count). The molecule has 1 amide bonds. The molecule has 0 aliphatic rings. The molecule has 0 aliphatic heterocycles. The average molecular weight is 291 g/mol. The van der Waals surface area contributed by atoms with Crippen molar-refractivity contribution in [2.24, 2.45) is 0 Å². The number of aliphatic hydroxyl groups is 1. The third kappa shape index (κ3) is 3.38. The Hall–Kier alpha value is -2.29. The van der Waals surface area contributed by atoms with E-state index < -0.39 is 5.91 Å². The number of aryl methyl sites for hydroxylation is 1. The van der Waals surface area contributed by atoms with Crippen LogP contribution in [-0.4, -0.2) is 22.8 Å². The van der Waals surface area contributed by atoms with Crippen molar-refractivity contribution in [3.05, 3.63) is 46.3 Å². The number of aliphatic hydroxyl groups excluding tert-OH is 1. The number of anilines is 1. The monoisotopic (exact) mass is 290 g/mol. The first-order chi connectivity index (χ1) is 9.60. The molecule has 0 aliphatic carbocycles. The zero-order valence-electron chi connectivity index (χ0n) is 10.6. The van der Waals surface area contributed by atoms with E-state index in [2.05, 4.69) is 22.3 Å². The number of carbonyl (C=O) groups is 1. The number of carbonyl (C=O) groups excluding carboxylic acids is 1. The molecule has 102 valence electrons. The number of halogens is 1. The number of rotatable bonds is 2. The minimum atomic E-state index is -0.445. The van der Waals surface area contributed by atoms with E-state index in [-0.39, 0.29) is 12.4 Å². The van der Waals surface area contributed by atoms with Crippen molar-refractivity contribution in [2.75, 3.05) is 11.9 Å². The van der Waals surface area contributed by atoms with E-state index in [0.717, 1.165) is 0 Å². The van der Waals surface area contributed by atoms with E-state index in [9.17, 15) is 4.79 Å². The highest BCUT2D eigenvalue weighted by molar-refractivity contribution is 6.33. The Morgan fingerprint density at radius 2 is 2.30 bits per heavy atom. The number of benzene rings is 1. The van der Waals surface area contributed by atoms with Crippen molar-refractivity contribution < 1.29 is 14.4 Å². The van der Waals surface area contributed by atoms with Crippen molar-refractivity contribution in [1.29, 1.82) is 0 Å². The normalized spacial score (nSPS) is 9.75. The summed E-state index contributed by atoms with van der Waals surface area (Å²) in [4.78, 5) is 11.9. The molecule has 1 heterocycles. The van der Waals surface area contributed by atoms with Crippen molar-refractivity contribution >= 4 is 23.2 Å². The Kier molecular flexibility index (Phi) is 4.41. The summed E-state index contributed by atoms with van der Waals surface area (Å²) in [6, 6.07) is 6.45. The first-order valence-corrected chi connectivity index (χ1v) is 6.12. The predicted octanol–water partition coefficient (Wildman–Crippen LogP) is 2.23. The van der Waals surface area contributed by atoms with Gasteiger partial charge in [-0.3, -0.25) is 4.79 Å². The predicted molar refractivity (Wildman–Crippen MR) is 74.6 cm³/mol. The molecule has 0 radical (unpaired) electrons. The third-order valence-corrected chi connectivity index (χ3v) is 2.71. The van der Waals surface area contributed by atoms with Crippen LogP contribution in [0.15, 0.2) is 28.8 Å². The molecule has 5 nitrogen and oxygen atoms in total. The van der Waals surface area contributed by atoms with Crippen LogP contribution in [0.4, 0.5) is 5.69 Å². The number of nitrogens with zero attached hydrogens (tertiary/aromatic N) is 1. The van der Waals surface area contributed by atoms with Gasteiger partial charge in [0, 0.05) is 11.6 Å². The van der Waals surface area contributed by atoms with Crippen LogP contribution in [0.5, 0.6) is 0 Å². The lowest BCUT2D eigenvalue weighted by molar-refractivity contribution is 0.0988. The molecule has 6 heteroatoms. The topological polar surface area (TPSA) is 75.4 Å². The van der Waals surface area contributed by atoms with Crippen molar-refractivity contribution in [1.82, 2.24) is 5.16 Å². The number of nitrogens with one attached hydrogen (secondary N) is 1. The van der Waals surface area contributed by atoms with Gasteiger partial charge < -0.3 is 14.9 Å². The molecule has 0 saturated heterocycles. The second-order valence-electron chi connectivity index (χ2n) is 3.94. The van der Waals surface area contributed by atoms with Gasteiger partial charge in [-0.25, -0.2) is 0 Å². The van der Waals surface area contributed by atoms with Crippen LogP contribution < -0.4 is 5.32 Å². The second-order valence-corrected chi connectivity index (χ2v) is 4.35. The molecule has 1 aromatic carbocycles. The van der Waals surface area contributed by atoms with E-state index in [0.29, 0.717) is 22.0 Å². The van der Waals surface area contributed by atoms with Crippen LogP contribution in [-0.2, 0) is 0 Å². The Morgan fingerprint density at radius 1 is 1.50 bits per heavy atom. The van der Waals surface area contributed by atoms with Crippen molar-refractivity contribution in [3.63, 3.8) is 0 Å². The second kappa shape index (κ2) is 6.24. The zero-order valence-corrected chi connectivity index (χ0v) is 11.4. The number of hydrogen-bond acceptors (Lipinski definition) is 4. The Bertz CT molecular complexity index is 698. The molecule has 0 unspecified atom stereocenters. The van der Waals surface area contributed by atoms with Crippen LogP contribution in [0.2, 0.25) is 5.02 Å². The highest BCUT2D eigenvalue weighted by Crippen LogP contribution is 2.23. The SMILES string of the molecule is Cc1cc(C(=O)Nc2cc(C#CCO)ccc2Cl)on1. The van der Waals surface area contributed by atoms with Crippen LogP contribution in [0.1, 0.15) is 21.8 Å². The first-order valence-electron chi connectivity index (χ1n) is 5.74. The van der Waals surface area contributed by atoms with E-state index in [1.165, 1.54) is 6.07 Å². The molecule has 2 N–H and O–H groups in total. The van der Waals surface area contributed by atoms with Crippen molar-refractivity contribution in [2.45, 2.75) is 6.92 Å². The minimum absolute atomic E-state index is 0.102. The number of aromatic nitrogens is 1. The fourth-order valence-electron chi connectivity index (χ4n) is 1.49. The molecule has 2 aromatic rings. The molecule has 0 atom stereocenters. The quantitative estimate of drug-likeness (QED) is 0.832. The Labute approximate surface area is 120 Å². The molecule has 0 spiro atoms. The van der Waals surface area contributed by atoms with Gasteiger partial charge in [0.2, 0.25) is 5.76 Å². The van der Waals surface area contributed by atoms with Gasteiger partial charge in [-0.05, 0) is 25.1 Å². The smallest absolute Gasteiger partial charge is 0.294 e. The van der Waals surface area contributed by atoms with Gasteiger partial charge >= 0.3 is 0 Å². The maximum Gasteiger partial charge on any atom is 0.294 e. The molecular weight excluding hydrogens is 280 g/mol. The summed E-state index contributed by atoms with van der Waals surface area (Å²) >= 11 is 6.01. The maximum atomic E-state index is 11.9. The summed E-state index contributed by atoms with van der Waals surface area (Å²) < 4.78 is 4.87. The van der Waals surface area contributed by atoms with Gasteiger partial charge in [-0.1, -0.05) is 28.6 Å². The van der Waals surface area contributed by atoms with Gasteiger partial charge in [0.05, 0.1) is 16.4 Å². The molecular formula is C14H11ClN2O3. The Balaban J connectivity index is 2.22. The van der Waals surface area contributed by atoms with Gasteiger partial charge in [0.15, 0.2) is 0 Å². The number of hydrogen-bond donors (Lipinski definition) is 2. The van der Waals surface area contributed by atoms with E-state index in [1.54, 1.807) is 25.1 Å². The summed E-state index contributed by atoms with van der Waals surface area (Å²) in [6.07, 6.45) is 0. The summed E-state index contributed by atoms with van der Waals surface area (Å²) in [5.74, 6) is 4.91. The van der Waals surface area contributed by atoms with Crippen LogP contribution >= 0.6 is 11.6 Å². The van der Waals surface area contributed by atoms with Gasteiger partial charge in [0.25, 0.3) is 5.91 Å². The first kappa shape index (κ1) is 14.1. The van der Waals surface area contributed by atoms with E-state index >= 15 is 0 Å². The average Bonchev–Trinajstić information content (AvgIpc) is 2.86. The van der Waals surface area contributed by atoms with E-state index in [4.69, 9.17) is 21.2 Å². The van der Waals surface area contributed by atoms with Gasteiger partial charge in [-0.2, -0.15) is 0 Å². The zero-order chi connectivity index (χ0) is 14.5. The molecule has 0 fully saturated rings. The largest absolute Gasteiger partial charge is 0.384 e. The van der Waals surface area contributed by atoms with E-state index in [1.807, 2.05) is 0 Å². The lowest BCUT2D eigenvalue weighted by Crippen LogP contribution is -2.11. The van der Waals surface area contributed by atoms with Crippen LogP contribution in [0, 0.1) is 18.8 Å². The standard InChI is InChI=1S/C14H11ClN2O3/c1-9-7-13(20-17-9)14(19)16-12-8-10(3-2-6-18)4-5-11(12)15/h4-5,7-8,18H,6H2,1H3,(H,16,19). The van der Waals surface area contributed by atoms with Gasteiger partial charge in [0.1, 0.15) is 6.61 Å². The van der Waals surface area contributed by atoms with Crippen LogP contribution in [0.25, 0.3) is 0 Å². The summed E-state index contributed by atoms with van der Waals surface area (Å²) in [5.41, 5.74) is 1.66. The maximum absolute atomic E-state index is 11.9. The summed E-state index contributed by atoms with van der Waals surface area (Å²) in [5, 5.41) is 15.3. The highest BCUT2D eigenvalue weighted by atomic mass is 35.5. The third-order valence-electron chi connectivity index (χ3n) is 2.38. The molecule has 1 aromatic heterocycles. The lowest BCUT2D eigenvalue weighted by atomic mass is 10.2.